The van der Waals surface area contributed by atoms with Crippen molar-refractivity contribution in [2.45, 2.75) is 31.4 Å². The SMILES string of the molecule is O=C(CCc1ccccn1)N[C@H]1c2ccccc2C[C@@H]1O. The van der Waals surface area contributed by atoms with Crippen LogP contribution < -0.4 is 5.32 Å². The predicted octanol–water partition coefficient (Wildman–Crippen LogP) is 1.79. The fraction of sp³-hybridized carbons (Fsp3) is 0.294. The lowest BCUT2D eigenvalue weighted by molar-refractivity contribution is -0.122. The normalized spacial score (nSPS) is 20.0. The molecule has 2 N–H and O–H groups in total. The summed E-state index contributed by atoms with van der Waals surface area (Å²) < 4.78 is 0. The predicted molar refractivity (Wildman–Crippen MR) is 79.6 cm³/mol. The average Bonchev–Trinajstić information content (AvgIpc) is 2.82. The highest BCUT2D eigenvalue weighted by Gasteiger charge is 2.31. The highest BCUT2D eigenvalue weighted by atomic mass is 16.3. The Kier molecular flexibility index (Phi) is 3.97. The summed E-state index contributed by atoms with van der Waals surface area (Å²) in [6.07, 6.45) is 2.77. The highest BCUT2D eigenvalue weighted by molar-refractivity contribution is 5.77. The van der Waals surface area contributed by atoms with Crippen LogP contribution in [0.25, 0.3) is 0 Å². The van der Waals surface area contributed by atoms with Gasteiger partial charge in [-0.2, -0.15) is 0 Å². The third-order valence-corrected chi connectivity index (χ3v) is 3.85. The fourth-order valence-corrected chi connectivity index (χ4v) is 2.78. The molecule has 0 radical (unpaired) electrons. The first kappa shape index (κ1) is 13.8. The van der Waals surface area contributed by atoms with Crippen molar-refractivity contribution in [3.63, 3.8) is 0 Å². The third kappa shape index (κ3) is 3.11. The van der Waals surface area contributed by atoms with Crippen LogP contribution in [-0.2, 0) is 17.6 Å². The van der Waals surface area contributed by atoms with E-state index >= 15 is 0 Å². The lowest BCUT2D eigenvalue weighted by atomic mass is 10.1. The molecule has 0 bridgehead atoms. The Morgan fingerprint density at radius 3 is 2.86 bits per heavy atom. The summed E-state index contributed by atoms with van der Waals surface area (Å²) in [5, 5.41) is 13.1. The van der Waals surface area contributed by atoms with E-state index in [2.05, 4.69) is 10.3 Å². The van der Waals surface area contributed by atoms with Gasteiger partial charge in [-0.25, -0.2) is 0 Å². The number of hydrogen-bond acceptors (Lipinski definition) is 3. The van der Waals surface area contributed by atoms with Crippen LogP contribution >= 0.6 is 0 Å². The molecule has 0 spiro atoms. The Morgan fingerprint density at radius 2 is 2.05 bits per heavy atom. The number of aryl methyl sites for hydroxylation is 1. The molecule has 1 aliphatic carbocycles. The first-order valence-electron chi connectivity index (χ1n) is 7.19. The monoisotopic (exact) mass is 282 g/mol. The number of carbonyl (C=O) groups excluding carboxylic acids is 1. The second-order valence-corrected chi connectivity index (χ2v) is 5.34. The summed E-state index contributed by atoms with van der Waals surface area (Å²) in [6, 6.07) is 13.2. The molecular weight excluding hydrogens is 264 g/mol. The molecule has 4 heteroatoms. The number of fused-ring (bicyclic) bond motifs is 1. The van der Waals surface area contributed by atoms with Gasteiger partial charge in [-0.1, -0.05) is 30.3 Å². The van der Waals surface area contributed by atoms with E-state index in [9.17, 15) is 9.90 Å². The van der Waals surface area contributed by atoms with Crippen molar-refractivity contribution in [2.75, 3.05) is 0 Å². The molecule has 4 nitrogen and oxygen atoms in total. The van der Waals surface area contributed by atoms with Crippen molar-refractivity contribution in [1.82, 2.24) is 10.3 Å². The molecule has 0 aliphatic heterocycles. The van der Waals surface area contributed by atoms with Crippen molar-refractivity contribution in [1.29, 1.82) is 0 Å². The molecule has 2 atom stereocenters. The van der Waals surface area contributed by atoms with Crippen LogP contribution in [0.4, 0.5) is 0 Å². The van der Waals surface area contributed by atoms with E-state index in [4.69, 9.17) is 0 Å². The quantitative estimate of drug-likeness (QED) is 0.898. The Balaban J connectivity index is 1.60. The van der Waals surface area contributed by atoms with Gasteiger partial charge in [0.05, 0.1) is 12.1 Å². The highest BCUT2D eigenvalue weighted by Crippen LogP contribution is 2.31. The first-order chi connectivity index (χ1) is 10.2. The number of aromatic nitrogens is 1. The van der Waals surface area contributed by atoms with Gasteiger partial charge in [0, 0.05) is 24.7 Å². The number of aliphatic hydroxyl groups is 1. The maximum absolute atomic E-state index is 12.1. The maximum Gasteiger partial charge on any atom is 0.220 e. The molecule has 0 fully saturated rings. The van der Waals surface area contributed by atoms with Gasteiger partial charge in [0.25, 0.3) is 0 Å². The van der Waals surface area contributed by atoms with Gasteiger partial charge >= 0.3 is 0 Å². The molecule has 21 heavy (non-hydrogen) atoms. The smallest absolute Gasteiger partial charge is 0.220 e. The largest absolute Gasteiger partial charge is 0.390 e. The zero-order chi connectivity index (χ0) is 14.7. The molecule has 1 amide bonds. The summed E-state index contributed by atoms with van der Waals surface area (Å²) in [7, 11) is 0. The number of amides is 1. The Hall–Kier alpha value is -2.20. The number of rotatable bonds is 4. The van der Waals surface area contributed by atoms with Gasteiger partial charge in [0.1, 0.15) is 0 Å². The van der Waals surface area contributed by atoms with E-state index in [-0.39, 0.29) is 11.9 Å². The van der Waals surface area contributed by atoms with Crippen molar-refractivity contribution < 1.29 is 9.90 Å². The van der Waals surface area contributed by atoms with Crippen LogP contribution in [0.2, 0.25) is 0 Å². The lowest BCUT2D eigenvalue weighted by Crippen LogP contribution is -2.34. The number of nitrogens with one attached hydrogen (secondary N) is 1. The zero-order valence-electron chi connectivity index (χ0n) is 11.7. The summed E-state index contributed by atoms with van der Waals surface area (Å²) in [5.74, 6) is -0.0543. The fourth-order valence-electron chi connectivity index (χ4n) is 2.78. The average molecular weight is 282 g/mol. The Labute approximate surface area is 123 Å². The Morgan fingerprint density at radius 1 is 1.24 bits per heavy atom. The number of pyridine rings is 1. The summed E-state index contributed by atoms with van der Waals surface area (Å²) >= 11 is 0. The third-order valence-electron chi connectivity index (χ3n) is 3.85. The van der Waals surface area contributed by atoms with Crippen LogP contribution in [0, 0.1) is 0 Å². The zero-order valence-corrected chi connectivity index (χ0v) is 11.7. The van der Waals surface area contributed by atoms with E-state index in [1.54, 1.807) is 6.20 Å². The summed E-state index contributed by atoms with van der Waals surface area (Å²) in [6.45, 7) is 0. The van der Waals surface area contributed by atoms with Gasteiger partial charge in [-0.3, -0.25) is 9.78 Å². The molecular formula is C17H18N2O2. The topological polar surface area (TPSA) is 62.2 Å². The van der Waals surface area contributed by atoms with E-state index in [1.807, 2.05) is 42.5 Å². The van der Waals surface area contributed by atoms with Crippen LogP contribution in [0.3, 0.4) is 0 Å². The van der Waals surface area contributed by atoms with Crippen LogP contribution in [0.5, 0.6) is 0 Å². The molecule has 1 aliphatic rings. The van der Waals surface area contributed by atoms with Gasteiger partial charge in [-0.05, 0) is 29.7 Å². The number of hydrogen-bond donors (Lipinski definition) is 2. The molecule has 1 heterocycles. The van der Waals surface area contributed by atoms with Crippen molar-refractivity contribution in [2.24, 2.45) is 0 Å². The standard InChI is InChI=1S/C17H18N2O2/c20-15-11-12-5-1-2-7-14(12)17(15)19-16(21)9-8-13-6-3-4-10-18-13/h1-7,10,15,17,20H,8-9,11H2,(H,19,21)/t15-,17-/m0/s1. The van der Waals surface area contributed by atoms with Crippen LogP contribution in [0.15, 0.2) is 48.7 Å². The number of benzene rings is 1. The van der Waals surface area contributed by atoms with Crippen LogP contribution in [0.1, 0.15) is 29.3 Å². The lowest BCUT2D eigenvalue weighted by Gasteiger charge is -2.17. The van der Waals surface area contributed by atoms with Gasteiger partial charge in [0.15, 0.2) is 0 Å². The summed E-state index contributed by atoms with van der Waals surface area (Å²) in [5.41, 5.74) is 3.04. The van der Waals surface area contributed by atoms with Crippen molar-refractivity contribution in [3.8, 4) is 0 Å². The van der Waals surface area contributed by atoms with Crippen molar-refractivity contribution >= 4 is 5.91 Å². The number of aliphatic hydroxyl groups excluding tert-OH is 1. The molecule has 1 aromatic carbocycles. The van der Waals surface area contributed by atoms with Gasteiger partial charge in [0.2, 0.25) is 5.91 Å². The van der Waals surface area contributed by atoms with Gasteiger partial charge in [-0.15, -0.1) is 0 Å². The summed E-state index contributed by atoms with van der Waals surface area (Å²) in [4.78, 5) is 16.3. The van der Waals surface area contributed by atoms with Gasteiger partial charge < -0.3 is 10.4 Å². The molecule has 2 aromatic rings. The minimum atomic E-state index is -0.541. The molecule has 3 rings (SSSR count). The maximum atomic E-state index is 12.1. The molecule has 108 valence electrons. The number of carbonyl (C=O) groups is 1. The van der Waals surface area contributed by atoms with E-state index in [1.165, 1.54) is 0 Å². The minimum Gasteiger partial charge on any atom is -0.390 e. The van der Waals surface area contributed by atoms with E-state index in [0.717, 1.165) is 16.8 Å². The second kappa shape index (κ2) is 6.06. The molecule has 0 saturated carbocycles. The number of nitrogens with zero attached hydrogens (tertiary/aromatic N) is 1. The first-order valence-corrected chi connectivity index (χ1v) is 7.19. The Bertz CT molecular complexity index is 628. The van der Waals surface area contributed by atoms with E-state index in [0.29, 0.717) is 19.3 Å². The van der Waals surface area contributed by atoms with Crippen molar-refractivity contribution in [3.05, 3.63) is 65.5 Å². The molecule has 0 saturated heterocycles. The second-order valence-electron chi connectivity index (χ2n) is 5.34. The minimum absolute atomic E-state index is 0.0543. The van der Waals surface area contributed by atoms with E-state index < -0.39 is 6.10 Å². The molecule has 1 aromatic heterocycles. The van der Waals surface area contributed by atoms with Crippen LogP contribution in [-0.4, -0.2) is 22.1 Å². The molecule has 0 unspecified atom stereocenters.